The van der Waals surface area contributed by atoms with E-state index in [-0.39, 0.29) is 157 Å². The van der Waals surface area contributed by atoms with Gasteiger partial charge in [0.05, 0.1) is 12.9 Å². The fourth-order valence-corrected chi connectivity index (χ4v) is 18.0. The summed E-state index contributed by atoms with van der Waals surface area (Å²) in [6.07, 6.45) is 0.942. The summed E-state index contributed by atoms with van der Waals surface area (Å²) in [5.41, 5.74) is 24.5. The summed E-state index contributed by atoms with van der Waals surface area (Å²) in [6, 6.07) is -9.41. The van der Waals surface area contributed by atoms with Gasteiger partial charge in [-0.1, -0.05) is 58.0 Å². The van der Waals surface area contributed by atoms with Crippen LogP contribution in [0, 0.1) is 5.41 Å². The number of aliphatic hydroxyl groups is 1. The van der Waals surface area contributed by atoms with Crippen molar-refractivity contribution in [1.82, 2.24) is 99.1 Å². The summed E-state index contributed by atoms with van der Waals surface area (Å²) in [5, 5.41) is 86.4. The Morgan fingerprint density at radius 3 is 1.27 bits per heavy atom. The minimum absolute atomic E-state index is 0.00297. The molecule has 2 bridgehead atoms. The molecule has 5 fully saturated rings. The van der Waals surface area contributed by atoms with E-state index >= 15 is 43.2 Å². The molecule has 712 valence electrons. The molecule has 47 heteroatoms. The molecule has 17 amide bonds. The molecule has 0 spiro atoms. The monoisotopic (exact) mass is 1860 g/mol. The Morgan fingerprint density at radius 2 is 0.802 bits per heavy atom. The zero-order chi connectivity index (χ0) is 95.1. The van der Waals surface area contributed by atoms with Crippen molar-refractivity contribution >= 4 is 128 Å². The van der Waals surface area contributed by atoms with E-state index in [9.17, 15) is 58.8 Å². The second-order valence-electron chi connectivity index (χ2n) is 32.7. The first-order chi connectivity index (χ1) is 62.6. The third kappa shape index (κ3) is 30.1. The van der Waals surface area contributed by atoms with Gasteiger partial charge in [0.25, 0.3) is 0 Å². The number of primary amides is 1. The zero-order valence-electron chi connectivity index (χ0n) is 72.6. The number of amides is 17. The number of aliphatic hydroxyl groups excluding tert-OH is 1. The quantitative estimate of drug-likeness (QED) is 0.0151. The minimum atomic E-state index is -1.92. The summed E-state index contributed by atoms with van der Waals surface area (Å²) in [7, 11) is 1.46. The van der Waals surface area contributed by atoms with E-state index < -0.39 is 247 Å². The van der Waals surface area contributed by atoms with Gasteiger partial charge in [-0.15, -0.1) is 0 Å². The van der Waals surface area contributed by atoms with Crippen LogP contribution in [0.2, 0.25) is 0 Å². The fraction of sp³-hybridized carbons (Fsp3) is 0.536. The number of aromatic amines is 1. The second-order valence-corrected chi connectivity index (χ2v) is 35.2. The molecule has 9 rings (SSSR count). The maximum atomic E-state index is 15.7. The lowest BCUT2D eigenvalue weighted by molar-refractivity contribution is -0.148. The molecule has 5 unspecified atom stereocenters. The standard InChI is InChI=1S/C84H118N24O21S2/c1-44-68(114)104-62-41-130-131-42-63(105-75(121)58(36-47-16-22-51(111)23-17-47)99-69(115)53(10-5-31-91-84(88)89)95-71(117)55(28-30-86)97-79(125)64-11-6-32-106(64)81(127)45(2)94-76(122)61(40-109)103-78(62)124)77(123)100-57(35-46-14-20-50(110)21-15-46)73(119)96-54(26-27-67(87)113)70(116)98-56(9-3-4-29-85)82(128)108-34-8-13-66(108)83(129)107-33-7-12-65(107)80(126)102-59(37-48-18-24-52(112)25-19-48)74(120)101-60(72(118)93-44)38-49-39-90-43-92-49/h14-25,39,43-45,53-66,109-112H,3-13,26-38,40-42,85-86H2,1-2H3,(H2,87,113)(H,90,92)(H,93,118)(H,94,122)(H,95,117)(H,96,119)(H,97,125)(H,98,116)(H,99,115)(H,100,123)(H,101,120)(H,102,126)(H,103,124)(H,104,114)(H,105,121)(H4,88,89,91)/t44-,45-,53-,54-,55?,56?,57-,58-,59?,60?,61?,62-,63-,64+,65-,66+/m0/s1. The van der Waals surface area contributed by atoms with Crippen LogP contribution in [0.15, 0.2) is 85.3 Å². The number of fused-ring (bicyclic) bond motifs is 8. The number of nitrogens with two attached hydrogens (primary N) is 4. The summed E-state index contributed by atoms with van der Waals surface area (Å²) in [5.74, 6) is -19.1. The van der Waals surface area contributed by atoms with Gasteiger partial charge in [0, 0.05) is 81.7 Å². The van der Waals surface area contributed by atoms with Crippen molar-refractivity contribution in [2.45, 2.75) is 226 Å². The van der Waals surface area contributed by atoms with Crippen molar-refractivity contribution in [2.24, 2.45) is 22.9 Å². The molecular weight excluding hydrogens is 1750 g/mol. The van der Waals surface area contributed by atoms with Gasteiger partial charge in [-0.2, -0.15) is 0 Å². The van der Waals surface area contributed by atoms with Crippen LogP contribution in [-0.4, -0.2) is 306 Å². The van der Waals surface area contributed by atoms with Crippen LogP contribution in [0.3, 0.4) is 0 Å². The highest BCUT2D eigenvalue weighted by Crippen LogP contribution is 2.29. The number of phenols is 3. The number of nitrogens with one attached hydrogen (secondary N) is 16. The van der Waals surface area contributed by atoms with Crippen molar-refractivity contribution < 1.29 is 102 Å². The number of H-pyrrole nitrogens is 1. The molecule has 5 aliphatic heterocycles. The van der Waals surface area contributed by atoms with E-state index in [1.165, 1.54) is 109 Å². The molecule has 16 atom stereocenters. The maximum Gasteiger partial charge on any atom is 0.246 e. The molecule has 0 saturated carbocycles. The first kappa shape index (κ1) is 102. The Hall–Kier alpha value is -12.9. The molecule has 45 nitrogen and oxygen atoms in total. The minimum Gasteiger partial charge on any atom is -0.508 e. The Bertz CT molecular complexity index is 4710. The Morgan fingerprint density at radius 1 is 0.420 bits per heavy atom. The Kier molecular flexibility index (Phi) is 38.7. The van der Waals surface area contributed by atoms with E-state index in [4.69, 9.17) is 28.3 Å². The summed E-state index contributed by atoms with van der Waals surface area (Å²) in [6.45, 7) is 1.15. The first-order valence-corrected chi connectivity index (χ1v) is 45.9. The van der Waals surface area contributed by atoms with Gasteiger partial charge < -0.3 is 137 Å². The molecule has 5 aliphatic rings. The van der Waals surface area contributed by atoms with Gasteiger partial charge in [0.2, 0.25) is 100 Å². The molecule has 6 heterocycles. The Labute approximate surface area is 762 Å². The summed E-state index contributed by atoms with van der Waals surface area (Å²) in [4.78, 5) is 264. The van der Waals surface area contributed by atoms with E-state index in [1.807, 2.05) is 0 Å². The average Bonchev–Trinajstić information content (AvgIpc) is 1.67. The number of phenolic OH excluding ortho intramolecular Hbond substituents is 3. The molecule has 28 N–H and O–H groups in total. The topological polar surface area (TPSA) is 706 Å². The number of unbranched alkanes of at least 4 members (excludes halogenated alkanes) is 1. The van der Waals surface area contributed by atoms with E-state index in [0.29, 0.717) is 12.0 Å². The van der Waals surface area contributed by atoms with Crippen LogP contribution in [0.1, 0.15) is 126 Å². The zero-order valence-corrected chi connectivity index (χ0v) is 74.2. The van der Waals surface area contributed by atoms with Crippen molar-refractivity contribution in [3.63, 3.8) is 0 Å². The number of nitrogens with zero attached hydrogens (tertiary/aromatic N) is 4. The summed E-state index contributed by atoms with van der Waals surface area (Å²) >= 11 is 0. The molecule has 4 aromatic rings. The number of hydrogen-bond donors (Lipinski definition) is 24. The van der Waals surface area contributed by atoms with Gasteiger partial charge in [0.15, 0.2) is 5.96 Å². The first-order valence-electron chi connectivity index (χ1n) is 43.4. The van der Waals surface area contributed by atoms with Gasteiger partial charge in [-0.3, -0.25) is 86.9 Å². The van der Waals surface area contributed by atoms with Crippen LogP contribution in [0.4, 0.5) is 0 Å². The number of aromatic nitrogens is 2. The number of carbonyl (C=O) groups is 17. The van der Waals surface area contributed by atoms with Gasteiger partial charge >= 0.3 is 0 Å². The van der Waals surface area contributed by atoms with Crippen LogP contribution in [-0.2, 0) is 107 Å². The lowest BCUT2D eigenvalue weighted by atomic mass is 10.0. The number of benzene rings is 3. The second kappa shape index (κ2) is 49.8. The van der Waals surface area contributed by atoms with Crippen molar-refractivity contribution in [1.29, 1.82) is 5.41 Å². The molecule has 131 heavy (non-hydrogen) atoms. The number of aromatic hydroxyl groups is 3. The average molecular weight is 1860 g/mol. The number of guanidine groups is 1. The van der Waals surface area contributed by atoms with Crippen molar-refractivity contribution in [2.75, 3.05) is 57.4 Å². The lowest BCUT2D eigenvalue weighted by Gasteiger charge is -2.34. The van der Waals surface area contributed by atoms with Crippen molar-refractivity contribution in [3.8, 4) is 17.2 Å². The molecule has 0 radical (unpaired) electrons. The number of rotatable bonds is 22. The van der Waals surface area contributed by atoms with Crippen LogP contribution in [0.5, 0.6) is 17.2 Å². The van der Waals surface area contributed by atoms with Crippen LogP contribution in [0.25, 0.3) is 0 Å². The highest BCUT2D eigenvalue weighted by molar-refractivity contribution is 8.76. The maximum absolute atomic E-state index is 15.7. The predicted molar refractivity (Wildman–Crippen MR) is 475 cm³/mol. The molecule has 5 saturated heterocycles. The third-order valence-corrected chi connectivity index (χ3v) is 25.3. The van der Waals surface area contributed by atoms with Gasteiger partial charge in [-0.25, -0.2) is 4.98 Å². The smallest absolute Gasteiger partial charge is 0.246 e. The molecule has 3 aromatic carbocycles. The molecular formula is C84H118N24O21S2. The third-order valence-electron chi connectivity index (χ3n) is 22.8. The van der Waals surface area contributed by atoms with E-state index in [0.717, 1.165) is 26.5 Å². The highest BCUT2D eigenvalue weighted by atomic mass is 33.1. The normalized spacial score (nSPS) is 26.6. The number of carbonyl (C=O) groups excluding carboxylic acids is 17. The fourth-order valence-electron chi connectivity index (χ4n) is 15.7. The van der Waals surface area contributed by atoms with Crippen LogP contribution < -0.4 is 97.4 Å². The van der Waals surface area contributed by atoms with Crippen LogP contribution >= 0.6 is 21.6 Å². The number of imidazole rings is 1. The van der Waals surface area contributed by atoms with E-state index in [2.05, 4.69) is 84.4 Å². The van der Waals surface area contributed by atoms with Crippen molar-refractivity contribution in [3.05, 3.63) is 108 Å². The highest BCUT2D eigenvalue weighted by Gasteiger charge is 2.47. The van der Waals surface area contributed by atoms with Gasteiger partial charge in [0.1, 0.15) is 114 Å². The summed E-state index contributed by atoms with van der Waals surface area (Å²) < 4.78 is 0. The SMILES string of the molecule is C[C@@H]1NC(=O)C(Cc2cnc[nH]2)NC(=O)C(Cc2ccc(O)cc2)NC(=O)[C@@H]2CCCN2C(=O)[C@H]2CCCN2C(=O)C(CCCCN)NC(=O)[C@H](CCC(N)=O)NC(=O)[C@H](Cc2ccc(O)cc2)NC(=O)[C@@H]2CSSC[C@H](NC1=O)C(=O)NC(CO)C(=O)N[C@@H](C)C(=O)N1CCC[C@@H]1C(=O)NC(CCN)C(=O)N[C@@H](CCCNC(=N)N)C(=O)N[C@@H](Cc1ccc(O)cc1)C(=O)N2. The number of hydrogen-bond acceptors (Lipinski definition) is 27. The van der Waals surface area contributed by atoms with Gasteiger partial charge in [-0.05, 0) is 163 Å². The predicted octanol–water partition coefficient (Wildman–Crippen LogP) is -6.48. The molecule has 1 aromatic heterocycles. The lowest BCUT2D eigenvalue weighted by Crippen LogP contribution is -2.62. The molecule has 0 aliphatic carbocycles. The largest absolute Gasteiger partial charge is 0.508 e. The Balaban J connectivity index is 1.17. The van der Waals surface area contributed by atoms with E-state index in [1.54, 1.807) is 0 Å².